The second-order valence-electron chi connectivity index (χ2n) is 10.4. The number of esters is 1. The fourth-order valence-corrected chi connectivity index (χ4v) is 3.69. The van der Waals surface area contributed by atoms with Crippen molar-refractivity contribution >= 4 is 12.0 Å². The third kappa shape index (κ3) is 15.1. The van der Waals surface area contributed by atoms with E-state index in [4.69, 9.17) is 18.9 Å². The van der Waals surface area contributed by atoms with Gasteiger partial charge in [-0.25, -0.2) is 4.79 Å². The van der Waals surface area contributed by atoms with Gasteiger partial charge in [0.15, 0.2) is 11.5 Å². The maximum absolute atomic E-state index is 12.4. The lowest BCUT2D eigenvalue weighted by molar-refractivity contribution is -0.148. The topological polar surface area (TPSA) is 54.0 Å². The molecule has 36 heavy (non-hydrogen) atoms. The van der Waals surface area contributed by atoms with Crippen LogP contribution in [0.2, 0.25) is 0 Å². The van der Waals surface area contributed by atoms with Crippen molar-refractivity contribution in [1.82, 2.24) is 0 Å². The molecule has 0 fully saturated rings. The summed E-state index contributed by atoms with van der Waals surface area (Å²) in [5.74, 6) is 1.69. The first-order chi connectivity index (χ1) is 17.3. The summed E-state index contributed by atoms with van der Waals surface area (Å²) in [7, 11) is 0. The smallest absolute Gasteiger partial charge is 0.331 e. The third-order valence-corrected chi connectivity index (χ3v) is 5.63. The zero-order valence-corrected chi connectivity index (χ0v) is 24.0. The van der Waals surface area contributed by atoms with E-state index >= 15 is 0 Å². The van der Waals surface area contributed by atoms with E-state index in [1.807, 2.05) is 32.9 Å². The van der Waals surface area contributed by atoms with Gasteiger partial charge in [0.05, 0.1) is 19.8 Å². The second-order valence-corrected chi connectivity index (χ2v) is 10.4. The maximum atomic E-state index is 12.4. The molecule has 0 aliphatic carbocycles. The molecule has 206 valence electrons. The van der Waals surface area contributed by atoms with Crippen molar-refractivity contribution in [3.05, 3.63) is 23.8 Å². The molecule has 5 heteroatoms. The average molecular weight is 505 g/mol. The van der Waals surface area contributed by atoms with Crippen molar-refractivity contribution in [3.63, 3.8) is 0 Å². The van der Waals surface area contributed by atoms with Crippen LogP contribution in [0.15, 0.2) is 18.2 Å². The molecule has 0 amide bonds. The standard InChI is InChI=1S/C31H52O5/c1-7-10-13-16-21-33-27-24-26(19-20-29(32)36-31(4,5)6)30(35-23-18-15-12-9-3)28(25-27)34-22-17-14-11-8-2/h19-20,24-25H,7-18,21-23H2,1-6H3. The number of ether oxygens (including phenoxy) is 4. The Hall–Kier alpha value is -2.17. The van der Waals surface area contributed by atoms with E-state index < -0.39 is 5.60 Å². The van der Waals surface area contributed by atoms with Gasteiger partial charge >= 0.3 is 5.97 Å². The molecule has 0 bridgehead atoms. The summed E-state index contributed by atoms with van der Waals surface area (Å²) in [4.78, 5) is 12.4. The van der Waals surface area contributed by atoms with Gasteiger partial charge in [0, 0.05) is 17.7 Å². The van der Waals surface area contributed by atoms with E-state index in [9.17, 15) is 4.79 Å². The summed E-state index contributed by atoms with van der Waals surface area (Å²) < 4.78 is 24.0. The molecule has 5 nitrogen and oxygen atoms in total. The van der Waals surface area contributed by atoms with Crippen LogP contribution in [-0.2, 0) is 9.53 Å². The van der Waals surface area contributed by atoms with Crippen LogP contribution in [0.1, 0.15) is 124 Å². The largest absolute Gasteiger partial charge is 0.493 e. The quantitative estimate of drug-likeness (QED) is 0.101. The molecule has 0 atom stereocenters. The van der Waals surface area contributed by atoms with E-state index in [0.29, 0.717) is 31.3 Å². The monoisotopic (exact) mass is 504 g/mol. The highest BCUT2D eigenvalue weighted by molar-refractivity contribution is 5.88. The Kier molecular flexibility index (Phi) is 16.8. The summed E-state index contributed by atoms with van der Waals surface area (Å²) in [5, 5.41) is 0. The summed E-state index contributed by atoms with van der Waals surface area (Å²) in [6.45, 7) is 14.1. The molecule has 1 aromatic rings. The minimum atomic E-state index is -0.545. The van der Waals surface area contributed by atoms with Gasteiger partial charge in [-0.05, 0) is 52.2 Å². The van der Waals surface area contributed by atoms with Gasteiger partial charge in [-0.2, -0.15) is 0 Å². The fourth-order valence-electron chi connectivity index (χ4n) is 3.69. The van der Waals surface area contributed by atoms with Crippen molar-refractivity contribution in [2.75, 3.05) is 19.8 Å². The highest BCUT2D eigenvalue weighted by Crippen LogP contribution is 2.37. The molecular formula is C31H52O5. The molecule has 0 heterocycles. The molecule has 1 aromatic carbocycles. The van der Waals surface area contributed by atoms with Gasteiger partial charge in [0.2, 0.25) is 0 Å². The summed E-state index contributed by atoms with van der Waals surface area (Å²) in [6, 6.07) is 3.87. The Balaban J connectivity index is 3.14. The second kappa shape index (κ2) is 19.0. The van der Waals surface area contributed by atoms with Gasteiger partial charge in [-0.3, -0.25) is 0 Å². The predicted octanol–water partition coefficient (Wildman–Crippen LogP) is 8.92. The third-order valence-electron chi connectivity index (χ3n) is 5.63. The van der Waals surface area contributed by atoms with Crippen LogP contribution in [0.5, 0.6) is 17.2 Å². The molecule has 0 aliphatic rings. The van der Waals surface area contributed by atoms with Crippen molar-refractivity contribution in [2.45, 2.75) is 124 Å². The highest BCUT2D eigenvalue weighted by atomic mass is 16.6. The minimum absolute atomic E-state index is 0.385. The van der Waals surface area contributed by atoms with Crippen molar-refractivity contribution in [2.24, 2.45) is 0 Å². The number of hydrogen-bond donors (Lipinski definition) is 0. The first-order valence-corrected chi connectivity index (χ1v) is 14.3. The van der Waals surface area contributed by atoms with Crippen LogP contribution in [0.3, 0.4) is 0 Å². The Morgan fingerprint density at radius 3 is 1.78 bits per heavy atom. The van der Waals surface area contributed by atoms with Gasteiger partial charge < -0.3 is 18.9 Å². The minimum Gasteiger partial charge on any atom is -0.493 e. The predicted molar refractivity (Wildman–Crippen MR) is 150 cm³/mol. The molecular weight excluding hydrogens is 452 g/mol. The van der Waals surface area contributed by atoms with Crippen LogP contribution in [-0.4, -0.2) is 31.4 Å². The van der Waals surface area contributed by atoms with E-state index in [1.54, 1.807) is 6.08 Å². The van der Waals surface area contributed by atoms with Gasteiger partial charge in [-0.1, -0.05) is 78.6 Å². The van der Waals surface area contributed by atoms with E-state index in [2.05, 4.69) is 20.8 Å². The highest BCUT2D eigenvalue weighted by Gasteiger charge is 2.17. The molecule has 0 saturated heterocycles. The first-order valence-electron chi connectivity index (χ1n) is 14.3. The number of benzene rings is 1. The zero-order chi connectivity index (χ0) is 26.7. The van der Waals surface area contributed by atoms with Crippen LogP contribution in [0, 0.1) is 0 Å². The number of carbonyl (C=O) groups excluding carboxylic acids is 1. The Morgan fingerprint density at radius 1 is 0.722 bits per heavy atom. The number of carbonyl (C=O) groups is 1. The van der Waals surface area contributed by atoms with Gasteiger partial charge in [0.1, 0.15) is 11.4 Å². The van der Waals surface area contributed by atoms with Crippen LogP contribution in [0.25, 0.3) is 6.08 Å². The Bertz CT molecular complexity index is 748. The maximum Gasteiger partial charge on any atom is 0.331 e. The van der Waals surface area contributed by atoms with Crippen molar-refractivity contribution < 1.29 is 23.7 Å². The number of rotatable bonds is 20. The molecule has 0 aliphatic heterocycles. The summed E-state index contributed by atoms with van der Waals surface area (Å²) >= 11 is 0. The molecule has 0 radical (unpaired) electrons. The lowest BCUT2D eigenvalue weighted by Crippen LogP contribution is -2.22. The lowest BCUT2D eigenvalue weighted by atomic mass is 10.1. The summed E-state index contributed by atoms with van der Waals surface area (Å²) in [5.41, 5.74) is 0.224. The number of hydrogen-bond acceptors (Lipinski definition) is 5. The molecule has 0 spiro atoms. The SMILES string of the molecule is CCCCCCOc1cc(C=CC(=O)OC(C)(C)C)c(OCCCCCC)c(OCCCCCC)c1. The van der Waals surface area contributed by atoms with Crippen LogP contribution >= 0.6 is 0 Å². The average Bonchev–Trinajstić information content (AvgIpc) is 2.82. The lowest BCUT2D eigenvalue weighted by Gasteiger charge is -2.19. The molecule has 0 unspecified atom stereocenters. The first kappa shape index (κ1) is 31.9. The van der Waals surface area contributed by atoms with Gasteiger partial charge in [-0.15, -0.1) is 0 Å². The fraction of sp³-hybridized carbons (Fsp3) is 0.710. The van der Waals surface area contributed by atoms with Crippen LogP contribution in [0.4, 0.5) is 0 Å². The van der Waals surface area contributed by atoms with E-state index in [1.165, 1.54) is 44.6 Å². The van der Waals surface area contributed by atoms with Gasteiger partial charge in [0.25, 0.3) is 0 Å². The van der Waals surface area contributed by atoms with Crippen molar-refractivity contribution in [1.29, 1.82) is 0 Å². The molecule has 1 rings (SSSR count). The van der Waals surface area contributed by atoms with E-state index in [-0.39, 0.29) is 5.97 Å². The molecule has 0 aromatic heterocycles. The molecule has 0 saturated carbocycles. The van der Waals surface area contributed by atoms with E-state index in [0.717, 1.165) is 49.8 Å². The molecule has 0 N–H and O–H groups in total. The Labute approximate surface area is 220 Å². The summed E-state index contributed by atoms with van der Waals surface area (Å²) in [6.07, 6.45) is 16.8. The Morgan fingerprint density at radius 2 is 1.25 bits per heavy atom. The normalized spacial score (nSPS) is 11.6. The zero-order valence-electron chi connectivity index (χ0n) is 24.0. The number of unbranched alkanes of at least 4 members (excludes halogenated alkanes) is 9. The van der Waals surface area contributed by atoms with Crippen molar-refractivity contribution in [3.8, 4) is 17.2 Å². The van der Waals surface area contributed by atoms with Crippen LogP contribution < -0.4 is 14.2 Å².